The summed E-state index contributed by atoms with van der Waals surface area (Å²) in [7, 11) is -1.31. The summed E-state index contributed by atoms with van der Waals surface area (Å²) in [5, 5.41) is 21.6. The number of nitrogens with two attached hydrogens (primary N) is 1. The lowest BCUT2D eigenvalue weighted by atomic mass is 10.1. The largest absolute Gasteiger partial charge is 0.507 e. The number of aliphatic hydroxyl groups is 1. The highest BCUT2D eigenvalue weighted by atomic mass is 79.9. The lowest BCUT2D eigenvalue weighted by Crippen LogP contribution is -2.38. The molecule has 1 saturated heterocycles. The van der Waals surface area contributed by atoms with Crippen LogP contribution in [0.2, 0.25) is 0 Å². The number of fused-ring (bicyclic) bond motifs is 2. The van der Waals surface area contributed by atoms with E-state index in [1.807, 2.05) is 0 Å². The number of imidazole rings is 1. The zero-order valence-corrected chi connectivity index (χ0v) is 20.0. The van der Waals surface area contributed by atoms with Crippen molar-refractivity contribution in [3.05, 3.63) is 41.0 Å². The van der Waals surface area contributed by atoms with Crippen LogP contribution in [0.5, 0.6) is 5.75 Å². The number of aromatic nitrogens is 5. The van der Waals surface area contributed by atoms with Crippen molar-refractivity contribution in [2.75, 3.05) is 17.7 Å². The van der Waals surface area contributed by atoms with Gasteiger partial charge < -0.3 is 30.4 Å². The molecule has 14 heteroatoms. The molecule has 0 aliphatic carbocycles. The summed E-state index contributed by atoms with van der Waals surface area (Å²) in [4.78, 5) is 28.3. The zero-order chi connectivity index (χ0) is 24.1. The van der Waals surface area contributed by atoms with Crippen molar-refractivity contribution < 1.29 is 28.7 Å². The van der Waals surface area contributed by atoms with E-state index in [-0.39, 0.29) is 22.9 Å². The van der Waals surface area contributed by atoms with Gasteiger partial charge in [0.1, 0.15) is 29.8 Å². The second kappa shape index (κ2) is 8.61. The van der Waals surface area contributed by atoms with Gasteiger partial charge in [0, 0.05) is 34.2 Å². The summed E-state index contributed by atoms with van der Waals surface area (Å²) in [6, 6.07) is 3.06. The highest BCUT2D eigenvalue weighted by Crippen LogP contribution is 2.36. The van der Waals surface area contributed by atoms with E-state index in [4.69, 9.17) is 15.2 Å². The van der Waals surface area contributed by atoms with Gasteiger partial charge in [-0.05, 0) is 28.1 Å². The number of aliphatic hydroxyl groups excluding tert-OH is 1. The second-order valence-electron chi connectivity index (χ2n) is 7.80. The summed E-state index contributed by atoms with van der Waals surface area (Å²) in [5.74, 6) is -0.593. The Bertz CT molecular complexity index is 1440. The van der Waals surface area contributed by atoms with Gasteiger partial charge in [-0.3, -0.25) is 8.78 Å². The molecule has 1 aromatic carbocycles. The van der Waals surface area contributed by atoms with Crippen LogP contribution in [0, 0.1) is 0 Å². The molecule has 178 valence electrons. The number of halogens is 1. The minimum absolute atomic E-state index is 0.0247. The van der Waals surface area contributed by atoms with Crippen molar-refractivity contribution in [3.63, 3.8) is 0 Å². The van der Waals surface area contributed by atoms with Crippen LogP contribution in [-0.2, 0) is 20.3 Å². The normalized spacial score (nSPS) is 23.5. The minimum Gasteiger partial charge on any atom is -0.507 e. The quantitative estimate of drug-likeness (QED) is 0.264. The number of benzene rings is 1. The van der Waals surface area contributed by atoms with Crippen LogP contribution in [0.25, 0.3) is 22.1 Å². The maximum absolute atomic E-state index is 13.1. The molecule has 34 heavy (non-hydrogen) atoms. The molecule has 0 radical (unpaired) electrons. The van der Waals surface area contributed by atoms with E-state index in [1.165, 1.54) is 35.7 Å². The summed E-state index contributed by atoms with van der Waals surface area (Å²) in [5.41, 5.74) is 7.28. The third kappa shape index (κ3) is 3.81. The van der Waals surface area contributed by atoms with Crippen LogP contribution in [0.15, 0.2) is 35.5 Å². The number of aromatic hydroxyl groups is 1. The smallest absolute Gasteiger partial charge is 0.340 e. The zero-order valence-electron chi connectivity index (χ0n) is 17.6. The monoisotopic (exact) mass is 550 g/mol. The van der Waals surface area contributed by atoms with Crippen LogP contribution < -0.4 is 5.73 Å². The Balaban J connectivity index is 1.47. The number of ether oxygens (including phenoxy) is 2. The molecular formula is C20H19BrN6O6S. The number of nitrogen functional groups attached to an aromatic ring is 1. The first-order chi connectivity index (χ1) is 16.2. The predicted octanol–water partition coefficient (Wildman–Crippen LogP) is 1.22. The fourth-order valence-corrected chi connectivity index (χ4v) is 5.08. The van der Waals surface area contributed by atoms with E-state index in [0.717, 1.165) is 0 Å². The number of H-pyrrole nitrogens is 1. The number of aromatic amines is 1. The molecule has 0 saturated carbocycles. The molecule has 1 fully saturated rings. The van der Waals surface area contributed by atoms with E-state index in [0.29, 0.717) is 26.5 Å². The Kier molecular flexibility index (Phi) is 5.75. The number of nitrogens with zero attached hydrogens (tertiary/aromatic N) is 4. The number of hydrogen-bond acceptors (Lipinski definition) is 10. The van der Waals surface area contributed by atoms with Gasteiger partial charge in [-0.2, -0.15) is 0 Å². The van der Waals surface area contributed by atoms with Crippen LogP contribution in [-0.4, -0.2) is 75.2 Å². The summed E-state index contributed by atoms with van der Waals surface area (Å²) >= 11 is 3.23. The minimum atomic E-state index is -1.32. The summed E-state index contributed by atoms with van der Waals surface area (Å²) in [6.45, 7) is 0. The third-order valence-electron chi connectivity index (χ3n) is 5.58. The number of carbonyl (C=O) groups is 1. The second-order valence-corrected chi connectivity index (χ2v) is 10.1. The van der Waals surface area contributed by atoms with Crippen molar-refractivity contribution in [1.29, 1.82) is 0 Å². The first-order valence-electron chi connectivity index (χ1n) is 10.0. The molecule has 0 amide bonds. The highest BCUT2D eigenvalue weighted by Gasteiger charge is 2.48. The SMILES string of the molecule is C[S@@](=O)C[C@H]1O[C@@H](n2cnc3c(N)ncnc32)[C@H](O)[C@@H]1OC(=O)c1c[nH]c2cc(Br)c(O)cc12. The van der Waals surface area contributed by atoms with Gasteiger partial charge in [-0.1, -0.05) is 0 Å². The van der Waals surface area contributed by atoms with Crippen LogP contribution >= 0.6 is 15.9 Å². The predicted molar refractivity (Wildman–Crippen MR) is 125 cm³/mol. The molecule has 5 atom stereocenters. The molecule has 0 bridgehead atoms. The summed E-state index contributed by atoms with van der Waals surface area (Å²) in [6.07, 6.45) is 1.27. The van der Waals surface area contributed by atoms with E-state index >= 15 is 0 Å². The van der Waals surface area contributed by atoms with Crippen molar-refractivity contribution in [3.8, 4) is 5.75 Å². The van der Waals surface area contributed by atoms with E-state index in [1.54, 1.807) is 6.07 Å². The van der Waals surface area contributed by atoms with E-state index in [9.17, 15) is 19.2 Å². The fourth-order valence-electron chi connectivity index (χ4n) is 4.00. The third-order valence-corrected chi connectivity index (χ3v) is 7.01. The molecule has 3 aromatic heterocycles. The number of phenolic OH excluding ortho intramolecular Hbond substituents is 1. The van der Waals surface area contributed by atoms with Crippen molar-refractivity contribution in [2.24, 2.45) is 0 Å². The Morgan fingerprint density at radius 2 is 2.18 bits per heavy atom. The number of carbonyl (C=O) groups excluding carboxylic acids is 1. The van der Waals surface area contributed by atoms with Gasteiger partial charge in [0.2, 0.25) is 0 Å². The highest BCUT2D eigenvalue weighted by molar-refractivity contribution is 9.10. The topological polar surface area (TPSA) is 178 Å². The average Bonchev–Trinajstić information content (AvgIpc) is 3.46. The molecule has 4 heterocycles. The van der Waals surface area contributed by atoms with Crippen LogP contribution in [0.3, 0.4) is 0 Å². The Morgan fingerprint density at radius 1 is 1.38 bits per heavy atom. The maximum atomic E-state index is 13.1. The lowest BCUT2D eigenvalue weighted by Gasteiger charge is -2.20. The molecule has 5 N–H and O–H groups in total. The molecule has 1 aliphatic rings. The fraction of sp³-hybridized carbons (Fsp3) is 0.300. The van der Waals surface area contributed by atoms with Gasteiger partial charge in [0.15, 0.2) is 23.8 Å². The molecule has 0 unspecified atom stereocenters. The Hall–Kier alpha value is -3.07. The van der Waals surface area contributed by atoms with Gasteiger partial charge in [-0.15, -0.1) is 0 Å². The molecule has 0 spiro atoms. The Labute approximate surface area is 202 Å². The summed E-state index contributed by atoms with van der Waals surface area (Å²) < 4.78 is 25.6. The number of rotatable bonds is 5. The van der Waals surface area contributed by atoms with Gasteiger partial charge >= 0.3 is 5.97 Å². The van der Waals surface area contributed by atoms with Gasteiger partial charge in [0.25, 0.3) is 0 Å². The number of anilines is 1. The molecule has 4 aromatic rings. The lowest BCUT2D eigenvalue weighted by molar-refractivity contribution is -0.0296. The average molecular weight is 551 g/mol. The molecule has 5 rings (SSSR count). The van der Waals surface area contributed by atoms with Gasteiger partial charge in [-0.25, -0.2) is 19.7 Å². The number of phenols is 1. The molecular weight excluding hydrogens is 532 g/mol. The standard InChI is InChI=1S/C20H19BrN6O6S/c1-34(31)5-13-16(33-20(30)9-4-23-11-3-10(21)12(28)2-8(9)11)15(29)19(32-13)27-7-26-14-17(22)24-6-25-18(14)27/h2-4,6-7,13,15-16,19,23,28-29H,5H2,1H3,(H2,22,24,25)/t13-,15-,16-,19-,34-/m1/s1. The van der Waals surface area contributed by atoms with Crippen molar-refractivity contribution in [1.82, 2.24) is 24.5 Å². The van der Waals surface area contributed by atoms with Crippen molar-refractivity contribution in [2.45, 2.75) is 24.5 Å². The Morgan fingerprint density at radius 3 is 2.94 bits per heavy atom. The molecule has 1 aliphatic heterocycles. The number of hydrogen-bond donors (Lipinski definition) is 4. The van der Waals surface area contributed by atoms with Crippen LogP contribution in [0.4, 0.5) is 5.82 Å². The number of esters is 1. The van der Waals surface area contributed by atoms with E-state index in [2.05, 4.69) is 35.9 Å². The molecule has 12 nitrogen and oxygen atoms in total. The first kappa shape index (κ1) is 22.7. The first-order valence-corrected chi connectivity index (χ1v) is 12.5. The van der Waals surface area contributed by atoms with Crippen molar-refractivity contribution >= 4 is 60.6 Å². The van der Waals surface area contributed by atoms with Crippen LogP contribution in [0.1, 0.15) is 16.6 Å². The number of nitrogens with one attached hydrogen (secondary N) is 1. The maximum Gasteiger partial charge on any atom is 0.340 e. The van der Waals surface area contributed by atoms with Gasteiger partial charge in [0.05, 0.1) is 22.1 Å². The van der Waals surface area contributed by atoms with E-state index < -0.39 is 41.3 Å².